The predicted octanol–water partition coefficient (Wildman–Crippen LogP) is 3.23. The molecular formula is C13H11Cl2N3O2. The van der Waals surface area contributed by atoms with E-state index in [1.165, 1.54) is 19.4 Å². The van der Waals surface area contributed by atoms with Crippen LogP contribution in [0.4, 0.5) is 11.5 Å². The van der Waals surface area contributed by atoms with E-state index in [-0.39, 0.29) is 22.3 Å². The molecule has 7 heteroatoms. The zero-order valence-corrected chi connectivity index (χ0v) is 12.0. The van der Waals surface area contributed by atoms with E-state index in [9.17, 15) is 4.79 Å². The number of nitrogens with one attached hydrogen (secondary N) is 1. The number of methoxy groups -OCH3 is 1. The maximum atomic E-state index is 12.1. The van der Waals surface area contributed by atoms with Crippen molar-refractivity contribution >= 4 is 40.6 Å². The van der Waals surface area contributed by atoms with Crippen LogP contribution in [0, 0.1) is 0 Å². The summed E-state index contributed by atoms with van der Waals surface area (Å²) in [5.74, 6) is 0.278. The molecule has 0 unspecified atom stereocenters. The highest BCUT2D eigenvalue weighted by Gasteiger charge is 2.12. The fourth-order valence-corrected chi connectivity index (χ4v) is 1.88. The summed E-state index contributed by atoms with van der Waals surface area (Å²) in [4.78, 5) is 15.9. The van der Waals surface area contributed by atoms with E-state index in [2.05, 4.69) is 10.3 Å². The molecule has 2 aromatic rings. The van der Waals surface area contributed by atoms with Gasteiger partial charge in [0.05, 0.1) is 23.4 Å². The minimum atomic E-state index is -0.389. The van der Waals surface area contributed by atoms with Crippen molar-refractivity contribution in [3.8, 4) is 5.75 Å². The summed E-state index contributed by atoms with van der Waals surface area (Å²) in [6, 6.07) is 6.35. The number of rotatable bonds is 3. The fourth-order valence-electron chi connectivity index (χ4n) is 1.55. The molecule has 104 valence electrons. The molecule has 1 aromatic heterocycles. The number of hydrogen-bond donors (Lipinski definition) is 2. The quantitative estimate of drug-likeness (QED) is 0.912. The number of carbonyl (C=O) groups excluding carboxylic acids is 1. The molecule has 20 heavy (non-hydrogen) atoms. The van der Waals surface area contributed by atoms with Gasteiger partial charge in [-0.3, -0.25) is 4.79 Å². The van der Waals surface area contributed by atoms with Gasteiger partial charge < -0.3 is 15.8 Å². The fraction of sp³-hybridized carbons (Fsp3) is 0.0769. The largest absolute Gasteiger partial charge is 0.495 e. The van der Waals surface area contributed by atoms with E-state index in [1.807, 2.05) is 0 Å². The van der Waals surface area contributed by atoms with Gasteiger partial charge in [0, 0.05) is 11.2 Å². The number of halogens is 2. The van der Waals surface area contributed by atoms with Crippen LogP contribution >= 0.6 is 23.2 Å². The number of nitrogens with zero attached hydrogens (tertiary/aromatic N) is 1. The number of anilines is 2. The molecule has 5 nitrogen and oxygen atoms in total. The van der Waals surface area contributed by atoms with Gasteiger partial charge in [-0.2, -0.15) is 0 Å². The lowest BCUT2D eigenvalue weighted by molar-refractivity contribution is 0.102. The van der Waals surface area contributed by atoms with Crippen molar-refractivity contribution in [2.24, 2.45) is 0 Å². The summed E-state index contributed by atoms with van der Waals surface area (Å²) in [5, 5.41) is 3.38. The number of pyridine rings is 1. The number of nitrogens with two attached hydrogens (primary N) is 1. The molecule has 0 aliphatic carbocycles. The SMILES string of the molecule is COc1ccc(Cl)cc1NC(=O)c1cnc(N)c(Cl)c1. The monoisotopic (exact) mass is 311 g/mol. The first-order chi connectivity index (χ1) is 9.51. The minimum Gasteiger partial charge on any atom is -0.495 e. The molecule has 0 saturated heterocycles. The molecule has 0 atom stereocenters. The zero-order chi connectivity index (χ0) is 14.7. The average Bonchev–Trinajstić information content (AvgIpc) is 2.42. The van der Waals surface area contributed by atoms with Crippen LogP contribution < -0.4 is 15.8 Å². The van der Waals surface area contributed by atoms with Crippen LogP contribution in [0.2, 0.25) is 10.0 Å². The van der Waals surface area contributed by atoms with Crippen molar-refractivity contribution < 1.29 is 9.53 Å². The first-order valence-corrected chi connectivity index (χ1v) is 6.32. The second kappa shape index (κ2) is 5.98. The Hall–Kier alpha value is -1.98. The first kappa shape index (κ1) is 14.4. The van der Waals surface area contributed by atoms with Crippen LogP contribution in [0.25, 0.3) is 0 Å². The Morgan fingerprint density at radius 1 is 1.35 bits per heavy atom. The third kappa shape index (κ3) is 3.12. The Morgan fingerprint density at radius 2 is 2.10 bits per heavy atom. The van der Waals surface area contributed by atoms with Gasteiger partial charge in [0.15, 0.2) is 0 Å². The summed E-state index contributed by atoms with van der Waals surface area (Å²) in [6.45, 7) is 0. The summed E-state index contributed by atoms with van der Waals surface area (Å²) >= 11 is 11.7. The first-order valence-electron chi connectivity index (χ1n) is 5.57. The van der Waals surface area contributed by atoms with Crippen molar-refractivity contribution in [1.29, 1.82) is 0 Å². The number of aromatic nitrogens is 1. The van der Waals surface area contributed by atoms with Crippen LogP contribution in [-0.2, 0) is 0 Å². The molecule has 1 aromatic carbocycles. The molecule has 0 fully saturated rings. The number of benzene rings is 1. The van der Waals surface area contributed by atoms with Gasteiger partial charge in [-0.15, -0.1) is 0 Å². The van der Waals surface area contributed by atoms with E-state index < -0.39 is 0 Å². The molecule has 1 heterocycles. The van der Waals surface area contributed by atoms with Crippen molar-refractivity contribution in [3.63, 3.8) is 0 Å². The summed E-state index contributed by atoms with van der Waals surface area (Å²) in [5.41, 5.74) is 6.23. The second-order valence-corrected chi connectivity index (χ2v) is 4.73. The Balaban J connectivity index is 2.27. The summed E-state index contributed by atoms with van der Waals surface area (Å²) in [6.07, 6.45) is 1.34. The lowest BCUT2D eigenvalue weighted by Crippen LogP contribution is -2.13. The second-order valence-electron chi connectivity index (χ2n) is 3.89. The van der Waals surface area contributed by atoms with Crippen LogP contribution in [0.15, 0.2) is 30.5 Å². The third-order valence-electron chi connectivity index (χ3n) is 2.54. The van der Waals surface area contributed by atoms with E-state index in [0.717, 1.165) is 0 Å². The third-order valence-corrected chi connectivity index (χ3v) is 3.08. The Kier molecular flexibility index (Phi) is 4.32. The van der Waals surface area contributed by atoms with E-state index in [0.29, 0.717) is 16.5 Å². The van der Waals surface area contributed by atoms with Gasteiger partial charge in [-0.05, 0) is 24.3 Å². The van der Waals surface area contributed by atoms with Crippen LogP contribution in [0.1, 0.15) is 10.4 Å². The Morgan fingerprint density at radius 3 is 2.75 bits per heavy atom. The van der Waals surface area contributed by atoms with Gasteiger partial charge in [0.2, 0.25) is 0 Å². The van der Waals surface area contributed by atoms with Crippen molar-refractivity contribution in [2.75, 3.05) is 18.2 Å². The predicted molar refractivity (Wildman–Crippen MR) is 79.6 cm³/mol. The lowest BCUT2D eigenvalue weighted by atomic mass is 10.2. The molecular weight excluding hydrogens is 301 g/mol. The summed E-state index contributed by atoms with van der Waals surface area (Å²) in [7, 11) is 1.50. The highest BCUT2D eigenvalue weighted by Crippen LogP contribution is 2.28. The molecule has 0 saturated carbocycles. The topological polar surface area (TPSA) is 77.2 Å². The molecule has 0 aliphatic rings. The maximum Gasteiger partial charge on any atom is 0.257 e. The Bertz CT molecular complexity index is 662. The highest BCUT2D eigenvalue weighted by atomic mass is 35.5. The molecule has 0 bridgehead atoms. The maximum absolute atomic E-state index is 12.1. The number of ether oxygens (including phenoxy) is 1. The minimum absolute atomic E-state index is 0.170. The number of nitrogen functional groups attached to an aromatic ring is 1. The van der Waals surface area contributed by atoms with Crippen LogP contribution in [0.5, 0.6) is 5.75 Å². The zero-order valence-electron chi connectivity index (χ0n) is 10.5. The van der Waals surface area contributed by atoms with Gasteiger partial charge >= 0.3 is 0 Å². The van der Waals surface area contributed by atoms with Crippen molar-refractivity contribution in [1.82, 2.24) is 4.98 Å². The van der Waals surface area contributed by atoms with Crippen LogP contribution in [0.3, 0.4) is 0 Å². The van der Waals surface area contributed by atoms with E-state index >= 15 is 0 Å². The average molecular weight is 312 g/mol. The van der Waals surface area contributed by atoms with Gasteiger partial charge in [0.1, 0.15) is 11.6 Å². The molecule has 0 radical (unpaired) electrons. The Labute approximate surface area is 125 Å². The molecule has 0 spiro atoms. The molecule has 3 N–H and O–H groups in total. The highest BCUT2D eigenvalue weighted by molar-refractivity contribution is 6.33. The smallest absolute Gasteiger partial charge is 0.257 e. The van der Waals surface area contributed by atoms with Gasteiger partial charge in [0.25, 0.3) is 5.91 Å². The normalized spacial score (nSPS) is 10.2. The molecule has 1 amide bonds. The molecule has 0 aliphatic heterocycles. The standard InChI is InChI=1S/C13H11Cl2N3O2/c1-20-11-3-2-8(14)5-10(11)18-13(19)7-4-9(15)12(16)17-6-7/h2-6H,1H3,(H2,16,17)(H,18,19). The van der Waals surface area contributed by atoms with Gasteiger partial charge in [-0.25, -0.2) is 4.98 Å². The number of amides is 1. The number of carbonyl (C=O) groups is 1. The lowest BCUT2D eigenvalue weighted by Gasteiger charge is -2.10. The number of hydrogen-bond acceptors (Lipinski definition) is 4. The van der Waals surface area contributed by atoms with Crippen molar-refractivity contribution in [2.45, 2.75) is 0 Å². The van der Waals surface area contributed by atoms with Crippen molar-refractivity contribution in [3.05, 3.63) is 46.1 Å². The molecule has 2 rings (SSSR count). The van der Waals surface area contributed by atoms with E-state index in [4.69, 9.17) is 33.7 Å². The van der Waals surface area contributed by atoms with Gasteiger partial charge in [-0.1, -0.05) is 23.2 Å². The summed E-state index contributed by atoms with van der Waals surface area (Å²) < 4.78 is 5.14. The van der Waals surface area contributed by atoms with Crippen LogP contribution in [-0.4, -0.2) is 18.0 Å². The van der Waals surface area contributed by atoms with E-state index in [1.54, 1.807) is 18.2 Å².